The maximum atomic E-state index is 9.90. The van der Waals surface area contributed by atoms with Gasteiger partial charge in [0.15, 0.2) is 0 Å². The van der Waals surface area contributed by atoms with Crippen LogP contribution in [0.1, 0.15) is 39.5 Å². The maximum absolute atomic E-state index is 9.90. The molecule has 0 aromatic carbocycles. The van der Waals surface area contributed by atoms with Crippen molar-refractivity contribution in [1.82, 2.24) is 10.6 Å². The second-order valence-electron chi connectivity index (χ2n) is 3.85. The molecule has 6 heteroatoms. The van der Waals surface area contributed by atoms with Gasteiger partial charge in [-0.25, -0.2) is 0 Å². The lowest BCUT2D eigenvalue weighted by Gasteiger charge is -1.96. The van der Waals surface area contributed by atoms with Crippen molar-refractivity contribution in [1.29, 1.82) is 0 Å². The minimum atomic E-state index is -0.786. The highest BCUT2D eigenvalue weighted by molar-refractivity contribution is 5.69. The van der Waals surface area contributed by atoms with Crippen LogP contribution >= 0.6 is 0 Å². The van der Waals surface area contributed by atoms with Gasteiger partial charge in [-0.3, -0.25) is 9.59 Å². The van der Waals surface area contributed by atoms with Crippen molar-refractivity contribution in [3.05, 3.63) is 0 Å². The fraction of sp³-hybridized carbons (Fsp3) is 0.833. The smallest absolute Gasteiger partial charge is 0.317 e. The Kier molecular flexibility index (Phi) is 16.9. The molecule has 0 atom stereocenters. The molecular formula is C12H26N2O4. The van der Waals surface area contributed by atoms with E-state index in [1.54, 1.807) is 0 Å². The van der Waals surface area contributed by atoms with Crippen LogP contribution in [0.5, 0.6) is 0 Å². The molecule has 4 N–H and O–H groups in total. The second kappa shape index (κ2) is 15.9. The van der Waals surface area contributed by atoms with Gasteiger partial charge >= 0.3 is 11.9 Å². The lowest BCUT2D eigenvalue weighted by atomic mass is 10.3. The van der Waals surface area contributed by atoms with Gasteiger partial charge in [0.25, 0.3) is 0 Å². The van der Waals surface area contributed by atoms with Crippen molar-refractivity contribution in [2.24, 2.45) is 0 Å². The van der Waals surface area contributed by atoms with Gasteiger partial charge in [-0.1, -0.05) is 26.7 Å². The number of rotatable bonds is 10. The largest absolute Gasteiger partial charge is 0.480 e. The van der Waals surface area contributed by atoms with E-state index in [4.69, 9.17) is 10.2 Å². The van der Waals surface area contributed by atoms with Crippen LogP contribution < -0.4 is 10.6 Å². The van der Waals surface area contributed by atoms with Crippen molar-refractivity contribution < 1.29 is 19.8 Å². The van der Waals surface area contributed by atoms with Gasteiger partial charge in [-0.15, -0.1) is 0 Å². The van der Waals surface area contributed by atoms with E-state index in [1.165, 1.54) is 0 Å². The zero-order valence-electron chi connectivity index (χ0n) is 11.4. The SMILES string of the molecule is CCCCNCC(=O)O.CCCCNCC(=O)O. The maximum Gasteiger partial charge on any atom is 0.317 e. The predicted octanol–water partition coefficient (Wildman–Crippen LogP) is 0.921. The standard InChI is InChI=1S/2C6H13NO2/c2*1-2-3-4-7-5-6(8)9/h2*7H,2-5H2,1H3,(H,8,9). The van der Waals surface area contributed by atoms with Gasteiger partial charge in [0.1, 0.15) is 0 Å². The van der Waals surface area contributed by atoms with E-state index in [9.17, 15) is 9.59 Å². The summed E-state index contributed by atoms with van der Waals surface area (Å²) in [4.78, 5) is 19.8. The number of carboxylic acids is 2. The fourth-order valence-electron chi connectivity index (χ4n) is 0.994. The molecule has 0 aliphatic heterocycles. The third-order valence-electron chi connectivity index (χ3n) is 1.97. The molecule has 0 saturated carbocycles. The second-order valence-corrected chi connectivity index (χ2v) is 3.85. The van der Waals surface area contributed by atoms with Crippen molar-refractivity contribution in [2.75, 3.05) is 26.2 Å². The third kappa shape index (κ3) is 24.2. The average Bonchev–Trinajstić information content (AvgIpc) is 2.31. The van der Waals surface area contributed by atoms with Crippen LogP contribution in [-0.4, -0.2) is 48.3 Å². The van der Waals surface area contributed by atoms with Crippen LogP contribution in [0, 0.1) is 0 Å². The van der Waals surface area contributed by atoms with Crippen LogP contribution in [0.25, 0.3) is 0 Å². The number of hydrogen-bond donors (Lipinski definition) is 4. The predicted molar refractivity (Wildman–Crippen MR) is 70.8 cm³/mol. The molecule has 0 spiro atoms. The van der Waals surface area contributed by atoms with E-state index in [2.05, 4.69) is 24.5 Å². The van der Waals surface area contributed by atoms with Crippen LogP contribution in [0.3, 0.4) is 0 Å². The Morgan fingerprint density at radius 1 is 0.833 bits per heavy atom. The topological polar surface area (TPSA) is 98.7 Å². The molecule has 0 saturated heterocycles. The molecule has 0 amide bonds. The Balaban J connectivity index is 0. The summed E-state index contributed by atoms with van der Waals surface area (Å²) in [6.45, 7) is 5.93. The average molecular weight is 262 g/mol. The molecular weight excluding hydrogens is 236 g/mol. The van der Waals surface area contributed by atoms with Gasteiger partial charge in [-0.05, 0) is 25.9 Å². The minimum absolute atomic E-state index is 0.0833. The van der Waals surface area contributed by atoms with E-state index in [0.717, 1.165) is 38.8 Å². The van der Waals surface area contributed by atoms with Crippen molar-refractivity contribution >= 4 is 11.9 Å². The van der Waals surface area contributed by atoms with Crippen LogP contribution in [0.4, 0.5) is 0 Å². The summed E-state index contributed by atoms with van der Waals surface area (Å²) in [6.07, 6.45) is 4.31. The monoisotopic (exact) mass is 262 g/mol. The quantitative estimate of drug-likeness (QED) is 0.437. The summed E-state index contributed by atoms with van der Waals surface area (Å²) < 4.78 is 0. The zero-order valence-corrected chi connectivity index (χ0v) is 11.4. The normalized spacial score (nSPS) is 9.44. The van der Waals surface area contributed by atoms with Crippen molar-refractivity contribution in [3.8, 4) is 0 Å². The van der Waals surface area contributed by atoms with E-state index in [0.29, 0.717) is 0 Å². The first-order valence-electron chi connectivity index (χ1n) is 6.39. The van der Waals surface area contributed by atoms with Crippen molar-refractivity contribution in [2.45, 2.75) is 39.5 Å². The van der Waals surface area contributed by atoms with Gasteiger partial charge in [0.05, 0.1) is 13.1 Å². The zero-order chi connectivity index (χ0) is 14.2. The summed E-state index contributed by atoms with van der Waals surface area (Å²) in [6, 6.07) is 0. The number of unbranched alkanes of at least 4 members (excludes halogenated alkanes) is 2. The highest BCUT2D eigenvalue weighted by Crippen LogP contribution is 1.81. The van der Waals surface area contributed by atoms with Crippen LogP contribution in [-0.2, 0) is 9.59 Å². The molecule has 0 bridgehead atoms. The highest BCUT2D eigenvalue weighted by atomic mass is 16.4. The molecule has 0 heterocycles. The lowest BCUT2D eigenvalue weighted by molar-refractivity contribution is -0.136. The molecule has 108 valence electrons. The summed E-state index contributed by atoms with van der Waals surface area (Å²) >= 11 is 0. The fourth-order valence-corrected chi connectivity index (χ4v) is 0.994. The Hall–Kier alpha value is -1.14. The van der Waals surface area contributed by atoms with Gasteiger partial charge in [0, 0.05) is 0 Å². The van der Waals surface area contributed by atoms with E-state index >= 15 is 0 Å². The first-order valence-corrected chi connectivity index (χ1v) is 6.39. The Labute approximate surface area is 109 Å². The Morgan fingerprint density at radius 3 is 1.39 bits per heavy atom. The third-order valence-corrected chi connectivity index (χ3v) is 1.97. The van der Waals surface area contributed by atoms with E-state index in [-0.39, 0.29) is 13.1 Å². The summed E-state index contributed by atoms with van der Waals surface area (Å²) in [5.74, 6) is -1.57. The van der Waals surface area contributed by atoms with E-state index in [1.807, 2.05) is 0 Å². The number of carboxylic acid groups (broad SMARTS) is 2. The van der Waals surface area contributed by atoms with E-state index < -0.39 is 11.9 Å². The van der Waals surface area contributed by atoms with Gasteiger partial charge < -0.3 is 20.8 Å². The molecule has 0 radical (unpaired) electrons. The summed E-state index contributed by atoms with van der Waals surface area (Å²) in [7, 11) is 0. The number of aliphatic carboxylic acids is 2. The molecule has 18 heavy (non-hydrogen) atoms. The first kappa shape index (κ1) is 19.2. The van der Waals surface area contributed by atoms with Gasteiger partial charge in [-0.2, -0.15) is 0 Å². The Bertz CT molecular complexity index is 188. The first-order chi connectivity index (χ1) is 8.54. The summed E-state index contributed by atoms with van der Waals surface area (Å²) in [5, 5.41) is 21.9. The molecule has 0 aromatic heterocycles. The number of hydrogen-bond acceptors (Lipinski definition) is 4. The molecule has 0 rings (SSSR count). The van der Waals surface area contributed by atoms with Crippen LogP contribution in [0.2, 0.25) is 0 Å². The van der Waals surface area contributed by atoms with Crippen molar-refractivity contribution in [3.63, 3.8) is 0 Å². The number of carbonyl (C=O) groups is 2. The summed E-state index contributed by atoms with van der Waals surface area (Å²) in [5.41, 5.74) is 0. The molecule has 0 aromatic rings. The molecule has 0 aliphatic carbocycles. The van der Waals surface area contributed by atoms with Gasteiger partial charge in [0.2, 0.25) is 0 Å². The number of nitrogens with one attached hydrogen (secondary N) is 2. The lowest BCUT2D eigenvalue weighted by Crippen LogP contribution is -2.23. The molecule has 0 unspecified atom stereocenters. The Morgan fingerprint density at radius 2 is 1.17 bits per heavy atom. The molecule has 6 nitrogen and oxygen atoms in total. The molecule has 0 aliphatic rings. The van der Waals surface area contributed by atoms with Crippen LogP contribution in [0.15, 0.2) is 0 Å². The highest BCUT2D eigenvalue weighted by Gasteiger charge is 1.92. The minimum Gasteiger partial charge on any atom is -0.480 e. The molecule has 0 fully saturated rings.